The Balaban J connectivity index is 2.01. The molecule has 5 heteroatoms. The fourth-order valence-electron chi connectivity index (χ4n) is 2.34. The molecule has 0 saturated heterocycles. The van der Waals surface area contributed by atoms with Gasteiger partial charge in [0.1, 0.15) is 15.3 Å². The summed E-state index contributed by atoms with van der Waals surface area (Å²) in [5.74, 6) is 1.86. The quantitative estimate of drug-likeness (QED) is 0.505. The molecule has 0 aliphatic heterocycles. The predicted molar refractivity (Wildman–Crippen MR) is 100 cm³/mol. The summed E-state index contributed by atoms with van der Waals surface area (Å²) < 4.78 is 9.81. The highest BCUT2D eigenvalue weighted by Crippen LogP contribution is 2.26. The number of hydrogen-bond acceptors (Lipinski definition) is 2. The highest BCUT2D eigenvalue weighted by Gasteiger charge is 2.12. The number of para-hydroxylation sites is 1. The fourth-order valence-corrected chi connectivity index (χ4v) is 3.14. The van der Waals surface area contributed by atoms with E-state index < -0.39 is 0 Å². The summed E-state index contributed by atoms with van der Waals surface area (Å²) in [4.78, 5) is 4.57. The summed E-state index contributed by atoms with van der Waals surface area (Å²) in [6.07, 6.45) is 1.90. The van der Waals surface area contributed by atoms with E-state index in [1.165, 1.54) is 0 Å². The number of aromatic nitrogens is 2. The van der Waals surface area contributed by atoms with Gasteiger partial charge in [0.2, 0.25) is 0 Å². The van der Waals surface area contributed by atoms with Gasteiger partial charge in [0.25, 0.3) is 0 Å². The zero-order valence-corrected chi connectivity index (χ0v) is 15.7. The minimum absolute atomic E-state index is 0.730. The topological polar surface area (TPSA) is 27.1 Å². The molecule has 0 saturated carbocycles. The molecule has 1 aromatic heterocycles. The molecule has 0 unspecified atom stereocenters. The van der Waals surface area contributed by atoms with Gasteiger partial charge in [-0.3, -0.25) is 0 Å². The van der Waals surface area contributed by atoms with Gasteiger partial charge >= 0.3 is 0 Å². The van der Waals surface area contributed by atoms with Gasteiger partial charge in [-0.2, -0.15) is 0 Å². The van der Waals surface area contributed by atoms with Crippen LogP contribution in [-0.4, -0.2) is 16.7 Å². The molecule has 2 aromatic carbocycles. The number of halogens is 2. The second kappa shape index (κ2) is 6.83. The SMILES string of the molecule is COc1ccccc1Cn1c(I)cnc1-c1ccc(Br)cc1. The minimum Gasteiger partial charge on any atom is -0.496 e. The van der Waals surface area contributed by atoms with Crippen molar-refractivity contribution in [2.45, 2.75) is 6.54 Å². The lowest BCUT2D eigenvalue weighted by atomic mass is 10.2. The Bertz CT molecular complexity index is 784. The number of nitrogens with zero attached hydrogens (tertiary/aromatic N) is 2. The van der Waals surface area contributed by atoms with Crippen LogP contribution in [0.1, 0.15) is 5.56 Å². The van der Waals surface area contributed by atoms with Crippen LogP contribution in [0.25, 0.3) is 11.4 Å². The normalized spacial score (nSPS) is 10.7. The van der Waals surface area contributed by atoms with Crippen molar-refractivity contribution in [2.24, 2.45) is 0 Å². The summed E-state index contributed by atoms with van der Waals surface area (Å²) in [5, 5.41) is 0. The predicted octanol–water partition coefficient (Wildman–Crippen LogP) is 4.97. The van der Waals surface area contributed by atoms with Crippen molar-refractivity contribution in [3.8, 4) is 17.1 Å². The van der Waals surface area contributed by atoms with Crippen molar-refractivity contribution in [2.75, 3.05) is 7.11 Å². The first-order chi connectivity index (χ1) is 10.7. The third-order valence-electron chi connectivity index (χ3n) is 3.43. The van der Waals surface area contributed by atoms with Crippen molar-refractivity contribution in [1.82, 2.24) is 9.55 Å². The zero-order chi connectivity index (χ0) is 15.5. The van der Waals surface area contributed by atoms with E-state index in [0.717, 1.165) is 37.4 Å². The number of hydrogen-bond donors (Lipinski definition) is 0. The first kappa shape index (κ1) is 15.6. The van der Waals surface area contributed by atoms with Gasteiger partial charge in [0.15, 0.2) is 0 Å². The third-order valence-corrected chi connectivity index (χ3v) is 4.82. The molecule has 0 radical (unpaired) electrons. The molecule has 22 heavy (non-hydrogen) atoms. The number of imidazole rings is 1. The highest BCUT2D eigenvalue weighted by atomic mass is 127. The second-order valence-electron chi connectivity index (χ2n) is 4.81. The molecule has 112 valence electrons. The van der Waals surface area contributed by atoms with Crippen LogP contribution in [0.15, 0.2) is 59.2 Å². The lowest BCUT2D eigenvalue weighted by Crippen LogP contribution is -2.05. The molecule has 0 aliphatic rings. The highest BCUT2D eigenvalue weighted by molar-refractivity contribution is 14.1. The van der Waals surface area contributed by atoms with Crippen molar-refractivity contribution < 1.29 is 4.74 Å². The minimum atomic E-state index is 0.730. The summed E-state index contributed by atoms with van der Waals surface area (Å²) in [6, 6.07) is 16.3. The van der Waals surface area contributed by atoms with Crippen molar-refractivity contribution >= 4 is 38.5 Å². The van der Waals surface area contributed by atoms with Crippen molar-refractivity contribution in [3.05, 3.63) is 68.5 Å². The maximum atomic E-state index is 5.45. The molecule has 0 atom stereocenters. The molecular formula is C17H14BrIN2O. The molecule has 0 spiro atoms. The molecule has 0 amide bonds. The first-order valence-electron chi connectivity index (χ1n) is 6.78. The third kappa shape index (κ3) is 3.20. The van der Waals surface area contributed by atoms with E-state index in [9.17, 15) is 0 Å². The van der Waals surface area contributed by atoms with Gasteiger partial charge in [0, 0.05) is 15.6 Å². The number of benzene rings is 2. The summed E-state index contributed by atoms with van der Waals surface area (Å²) in [5.41, 5.74) is 2.24. The Labute approximate surface area is 151 Å². The van der Waals surface area contributed by atoms with Crippen LogP contribution in [0.3, 0.4) is 0 Å². The van der Waals surface area contributed by atoms with Crippen molar-refractivity contribution in [1.29, 1.82) is 0 Å². The Morgan fingerprint density at radius 1 is 1.14 bits per heavy atom. The number of ether oxygens (including phenoxy) is 1. The van der Waals surface area contributed by atoms with E-state index in [-0.39, 0.29) is 0 Å². The van der Waals surface area contributed by atoms with E-state index in [1.54, 1.807) is 7.11 Å². The van der Waals surface area contributed by atoms with E-state index in [4.69, 9.17) is 4.74 Å². The van der Waals surface area contributed by atoms with Crippen LogP contribution in [0, 0.1) is 3.70 Å². The Hall–Kier alpha value is -1.34. The van der Waals surface area contributed by atoms with Crippen molar-refractivity contribution in [3.63, 3.8) is 0 Å². The molecule has 3 aromatic rings. The smallest absolute Gasteiger partial charge is 0.141 e. The van der Waals surface area contributed by atoms with Crippen LogP contribution >= 0.6 is 38.5 Å². The van der Waals surface area contributed by atoms with Gasteiger partial charge in [-0.05, 0) is 40.8 Å². The second-order valence-corrected chi connectivity index (χ2v) is 6.83. The Kier molecular flexibility index (Phi) is 4.83. The first-order valence-corrected chi connectivity index (χ1v) is 8.65. The molecule has 3 nitrogen and oxygen atoms in total. The van der Waals surface area contributed by atoms with E-state index in [2.05, 4.69) is 66.3 Å². The summed E-state index contributed by atoms with van der Waals surface area (Å²) >= 11 is 5.78. The van der Waals surface area contributed by atoms with Gasteiger partial charge in [-0.15, -0.1) is 0 Å². The lowest BCUT2D eigenvalue weighted by molar-refractivity contribution is 0.408. The maximum Gasteiger partial charge on any atom is 0.141 e. The van der Waals surface area contributed by atoms with Crippen LogP contribution in [0.5, 0.6) is 5.75 Å². The lowest BCUT2D eigenvalue weighted by Gasteiger charge is -2.12. The van der Waals surface area contributed by atoms with E-state index >= 15 is 0 Å². The van der Waals surface area contributed by atoms with Crippen LogP contribution in [0.2, 0.25) is 0 Å². The molecule has 0 aliphatic carbocycles. The molecule has 0 fully saturated rings. The zero-order valence-electron chi connectivity index (χ0n) is 12.0. The van der Waals surface area contributed by atoms with Gasteiger partial charge in [0.05, 0.1) is 19.9 Å². The molecule has 0 N–H and O–H groups in total. The average molecular weight is 469 g/mol. The van der Waals surface area contributed by atoms with Gasteiger partial charge < -0.3 is 9.30 Å². The molecule has 3 rings (SSSR count). The summed E-state index contributed by atoms with van der Waals surface area (Å²) in [7, 11) is 1.70. The monoisotopic (exact) mass is 468 g/mol. The standard InChI is InChI=1S/C17H14BrIN2O/c1-22-15-5-3-2-4-13(15)11-21-16(19)10-20-17(21)12-6-8-14(18)9-7-12/h2-10H,11H2,1H3. The number of rotatable bonds is 4. The van der Waals surface area contributed by atoms with Gasteiger partial charge in [-0.25, -0.2) is 4.98 Å². The fraction of sp³-hybridized carbons (Fsp3) is 0.118. The number of methoxy groups -OCH3 is 1. The molecular weight excluding hydrogens is 455 g/mol. The molecule has 1 heterocycles. The Morgan fingerprint density at radius 3 is 2.59 bits per heavy atom. The van der Waals surface area contributed by atoms with Crippen LogP contribution in [0.4, 0.5) is 0 Å². The average Bonchev–Trinajstić information content (AvgIpc) is 2.90. The summed E-state index contributed by atoms with van der Waals surface area (Å²) in [6.45, 7) is 0.730. The Morgan fingerprint density at radius 2 is 1.86 bits per heavy atom. The van der Waals surface area contributed by atoms with E-state index in [0.29, 0.717) is 0 Å². The van der Waals surface area contributed by atoms with E-state index in [1.807, 2.05) is 36.5 Å². The largest absolute Gasteiger partial charge is 0.496 e. The van der Waals surface area contributed by atoms with Crippen LogP contribution < -0.4 is 4.74 Å². The van der Waals surface area contributed by atoms with Gasteiger partial charge in [-0.1, -0.05) is 46.3 Å². The van der Waals surface area contributed by atoms with Crippen LogP contribution in [-0.2, 0) is 6.54 Å². The molecule has 0 bridgehead atoms. The maximum absolute atomic E-state index is 5.45.